The molecule has 0 amide bonds. The SMILES string of the molecule is [CH2]COC(=O)CCCSCC[C@H]1C(=O)C[C@@H](O)[C@H]1/C=C/[C@@H](O)Cc1cccc(COC)c1. The summed E-state index contributed by atoms with van der Waals surface area (Å²) in [6.45, 7) is 4.16. The molecule has 0 heterocycles. The van der Waals surface area contributed by atoms with Gasteiger partial charge in [0.25, 0.3) is 0 Å². The molecule has 0 bridgehead atoms. The Hall–Kier alpha value is -1.67. The Morgan fingerprint density at radius 2 is 2.12 bits per heavy atom. The fraction of sp³-hybridized carbons (Fsp3) is 0.560. The number of aliphatic hydroxyl groups is 2. The van der Waals surface area contributed by atoms with Gasteiger partial charge in [-0.3, -0.25) is 9.59 Å². The number of ether oxygens (including phenoxy) is 2. The van der Waals surface area contributed by atoms with Crippen molar-refractivity contribution in [2.24, 2.45) is 11.8 Å². The number of aliphatic hydroxyl groups excluding tert-OH is 2. The molecule has 1 aromatic rings. The first-order valence-corrected chi connectivity index (χ1v) is 12.3. The lowest BCUT2D eigenvalue weighted by atomic mass is 9.91. The normalized spacial score (nSPS) is 21.9. The highest BCUT2D eigenvalue weighted by molar-refractivity contribution is 7.99. The van der Waals surface area contributed by atoms with E-state index in [0.29, 0.717) is 25.9 Å². The number of ketones is 1. The molecule has 6 nitrogen and oxygen atoms in total. The Kier molecular flexibility index (Phi) is 12.0. The molecular formula is C25H35O6S. The summed E-state index contributed by atoms with van der Waals surface area (Å²) < 4.78 is 9.95. The first kappa shape index (κ1) is 26.6. The largest absolute Gasteiger partial charge is 0.466 e. The summed E-state index contributed by atoms with van der Waals surface area (Å²) in [6, 6.07) is 7.89. The van der Waals surface area contributed by atoms with Crippen LogP contribution in [0.1, 0.15) is 36.8 Å². The van der Waals surface area contributed by atoms with Crippen LogP contribution in [0.2, 0.25) is 0 Å². The summed E-state index contributed by atoms with van der Waals surface area (Å²) >= 11 is 1.70. The maximum absolute atomic E-state index is 12.4. The Labute approximate surface area is 195 Å². The van der Waals surface area contributed by atoms with Gasteiger partial charge in [0.2, 0.25) is 0 Å². The van der Waals surface area contributed by atoms with Gasteiger partial charge in [0, 0.05) is 38.2 Å². The molecule has 1 radical (unpaired) electrons. The number of esters is 1. The molecule has 2 N–H and O–H groups in total. The third-order valence-corrected chi connectivity index (χ3v) is 6.64. The minimum Gasteiger partial charge on any atom is -0.466 e. The topological polar surface area (TPSA) is 93.1 Å². The molecule has 0 aromatic heterocycles. The van der Waals surface area contributed by atoms with Crippen LogP contribution in [0.3, 0.4) is 0 Å². The van der Waals surface area contributed by atoms with E-state index < -0.39 is 12.2 Å². The molecule has 0 unspecified atom stereocenters. The molecule has 1 aromatic carbocycles. The highest BCUT2D eigenvalue weighted by atomic mass is 32.2. The molecule has 177 valence electrons. The van der Waals surface area contributed by atoms with Crippen LogP contribution < -0.4 is 0 Å². The van der Waals surface area contributed by atoms with Crippen molar-refractivity contribution in [3.63, 3.8) is 0 Å². The first-order chi connectivity index (χ1) is 15.4. The second-order valence-electron chi connectivity index (χ2n) is 8.06. The Balaban J connectivity index is 1.80. The molecule has 2 rings (SSSR count). The molecule has 1 aliphatic rings. The molecule has 0 saturated heterocycles. The van der Waals surface area contributed by atoms with Gasteiger partial charge >= 0.3 is 5.97 Å². The number of carbonyl (C=O) groups excluding carboxylic acids is 2. The number of hydrogen-bond acceptors (Lipinski definition) is 7. The lowest BCUT2D eigenvalue weighted by molar-refractivity contribution is -0.142. The number of methoxy groups -OCH3 is 1. The summed E-state index contributed by atoms with van der Waals surface area (Å²) in [5.41, 5.74) is 2.06. The summed E-state index contributed by atoms with van der Waals surface area (Å²) in [4.78, 5) is 23.7. The maximum atomic E-state index is 12.4. The van der Waals surface area contributed by atoms with E-state index in [-0.39, 0.29) is 36.6 Å². The van der Waals surface area contributed by atoms with Gasteiger partial charge in [-0.15, -0.1) is 0 Å². The lowest BCUT2D eigenvalue weighted by Crippen LogP contribution is -2.20. The highest BCUT2D eigenvalue weighted by Gasteiger charge is 2.39. The van der Waals surface area contributed by atoms with Crippen LogP contribution in [0.25, 0.3) is 0 Å². The summed E-state index contributed by atoms with van der Waals surface area (Å²) in [6.07, 6.45) is 4.51. The number of rotatable bonds is 14. The van der Waals surface area contributed by atoms with Crippen molar-refractivity contribution < 1.29 is 29.3 Å². The smallest absolute Gasteiger partial charge is 0.305 e. The zero-order chi connectivity index (χ0) is 23.3. The van der Waals surface area contributed by atoms with E-state index in [1.54, 1.807) is 24.9 Å². The Bertz CT molecular complexity index is 750. The van der Waals surface area contributed by atoms with E-state index in [1.807, 2.05) is 30.3 Å². The van der Waals surface area contributed by atoms with Gasteiger partial charge in [-0.1, -0.05) is 36.4 Å². The van der Waals surface area contributed by atoms with Crippen molar-refractivity contribution in [1.82, 2.24) is 0 Å². The molecule has 1 aliphatic carbocycles. The van der Waals surface area contributed by atoms with Gasteiger partial charge in [-0.05, 0) is 42.4 Å². The standard InChI is InChI=1S/C25H35O6S/c1-3-31-25(29)8-5-12-32-13-11-22-21(23(27)16-24(22)28)10-9-20(26)15-18-6-4-7-19(14-18)17-30-2/h4,6-7,9-10,14,20-23,26-27H,1,3,5,8,11-13,15-17H2,2H3/b10-9+/t20-,21+,22-,23-/m1/s1. The highest BCUT2D eigenvalue weighted by Crippen LogP contribution is 2.34. The Morgan fingerprint density at radius 1 is 1.34 bits per heavy atom. The van der Waals surface area contributed by atoms with Gasteiger partial charge in [-0.25, -0.2) is 0 Å². The van der Waals surface area contributed by atoms with Crippen molar-refractivity contribution in [3.8, 4) is 0 Å². The van der Waals surface area contributed by atoms with E-state index in [0.717, 1.165) is 29.1 Å². The fourth-order valence-electron chi connectivity index (χ4n) is 3.99. The number of Topliss-reactive ketones (excluding diaryl/α,β-unsaturated/α-hetero) is 1. The molecule has 0 aliphatic heterocycles. The van der Waals surface area contributed by atoms with Crippen molar-refractivity contribution in [3.05, 3.63) is 54.5 Å². The second-order valence-corrected chi connectivity index (χ2v) is 9.28. The average molecular weight is 464 g/mol. The minimum atomic E-state index is -0.705. The molecule has 4 atom stereocenters. The van der Waals surface area contributed by atoms with E-state index >= 15 is 0 Å². The first-order valence-electron chi connectivity index (χ1n) is 11.1. The van der Waals surface area contributed by atoms with Crippen LogP contribution in [-0.4, -0.2) is 59.4 Å². The van der Waals surface area contributed by atoms with Crippen LogP contribution in [0, 0.1) is 18.8 Å². The van der Waals surface area contributed by atoms with Gasteiger partial charge in [-0.2, -0.15) is 11.8 Å². The van der Waals surface area contributed by atoms with Crippen LogP contribution in [-0.2, 0) is 32.1 Å². The second kappa shape index (κ2) is 14.5. The summed E-state index contributed by atoms with van der Waals surface area (Å²) in [5, 5.41) is 20.8. The number of benzene rings is 1. The van der Waals surface area contributed by atoms with E-state index in [4.69, 9.17) is 9.47 Å². The zero-order valence-corrected chi connectivity index (χ0v) is 19.6. The van der Waals surface area contributed by atoms with Gasteiger partial charge in [0.05, 0.1) is 25.4 Å². The van der Waals surface area contributed by atoms with Crippen molar-refractivity contribution >= 4 is 23.5 Å². The predicted molar refractivity (Wildman–Crippen MR) is 126 cm³/mol. The number of thioether (sulfide) groups is 1. The number of carbonyl (C=O) groups is 2. The third kappa shape index (κ3) is 9.06. The van der Waals surface area contributed by atoms with Crippen LogP contribution in [0.15, 0.2) is 36.4 Å². The predicted octanol–water partition coefficient (Wildman–Crippen LogP) is 3.14. The third-order valence-electron chi connectivity index (χ3n) is 5.54. The van der Waals surface area contributed by atoms with Crippen LogP contribution in [0.4, 0.5) is 0 Å². The number of hydrogen-bond donors (Lipinski definition) is 2. The monoisotopic (exact) mass is 463 g/mol. The molecule has 0 spiro atoms. The van der Waals surface area contributed by atoms with Crippen molar-refractivity contribution in [1.29, 1.82) is 0 Å². The summed E-state index contributed by atoms with van der Waals surface area (Å²) in [7, 11) is 1.65. The zero-order valence-electron chi connectivity index (χ0n) is 18.8. The average Bonchev–Trinajstić information content (AvgIpc) is 3.02. The van der Waals surface area contributed by atoms with E-state index in [2.05, 4.69) is 6.92 Å². The van der Waals surface area contributed by atoms with E-state index in [1.165, 1.54) is 0 Å². The van der Waals surface area contributed by atoms with Gasteiger partial charge in [0.1, 0.15) is 5.78 Å². The van der Waals surface area contributed by atoms with Crippen LogP contribution >= 0.6 is 11.8 Å². The molecule has 1 fully saturated rings. The van der Waals surface area contributed by atoms with Crippen molar-refractivity contribution in [2.75, 3.05) is 25.2 Å². The Morgan fingerprint density at radius 3 is 2.88 bits per heavy atom. The minimum absolute atomic E-state index is 0.0773. The quantitative estimate of drug-likeness (QED) is 0.249. The van der Waals surface area contributed by atoms with Gasteiger partial charge < -0.3 is 19.7 Å². The molecular weight excluding hydrogens is 428 g/mol. The van der Waals surface area contributed by atoms with Gasteiger partial charge in [0.15, 0.2) is 0 Å². The molecule has 32 heavy (non-hydrogen) atoms. The molecule has 7 heteroatoms. The lowest BCUT2D eigenvalue weighted by Gasteiger charge is -2.18. The maximum Gasteiger partial charge on any atom is 0.305 e. The van der Waals surface area contributed by atoms with Crippen molar-refractivity contribution in [2.45, 2.75) is 50.9 Å². The van der Waals surface area contributed by atoms with Crippen LogP contribution in [0.5, 0.6) is 0 Å². The summed E-state index contributed by atoms with van der Waals surface area (Å²) in [5.74, 6) is 0.938. The fourth-order valence-corrected chi connectivity index (χ4v) is 4.96. The van der Waals surface area contributed by atoms with E-state index in [9.17, 15) is 19.8 Å². The molecule has 1 saturated carbocycles.